The highest BCUT2D eigenvalue weighted by Crippen LogP contribution is 2.59. The highest BCUT2D eigenvalue weighted by atomic mass is 79.9. The van der Waals surface area contributed by atoms with Gasteiger partial charge in [0.15, 0.2) is 0 Å². The van der Waals surface area contributed by atoms with Gasteiger partial charge in [-0.15, -0.1) is 0 Å². The fraction of sp³-hybridized carbons (Fsp3) is 0.333. The predicted octanol–water partition coefficient (Wildman–Crippen LogP) is 4.35. The van der Waals surface area contributed by atoms with E-state index in [-0.39, 0.29) is 29.7 Å². The lowest BCUT2D eigenvalue weighted by Crippen LogP contribution is -2.46. The molecule has 1 saturated carbocycles. The van der Waals surface area contributed by atoms with Crippen molar-refractivity contribution in [3.05, 3.63) is 69.8 Å². The van der Waals surface area contributed by atoms with Gasteiger partial charge in [-0.3, -0.25) is 9.59 Å². The Labute approximate surface area is 217 Å². The van der Waals surface area contributed by atoms with Crippen LogP contribution in [0.15, 0.2) is 47.3 Å². The number of hydrogen-bond acceptors (Lipinski definition) is 6. The molecule has 1 aliphatic heterocycles. The average molecular weight is 545 g/mol. The number of carbonyl (C=O) groups excluding carboxylic acids is 2. The number of piperidine rings is 1. The summed E-state index contributed by atoms with van der Waals surface area (Å²) >= 11 is 3.35. The van der Waals surface area contributed by atoms with Crippen LogP contribution in [0.4, 0.5) is 5.82 Å². The Balaban J connectivity index is 1.39. The zero-order chi connectivity index (χ0) is 25.6. The largest absolute Gasteiger partial charge is 0.327 e. The van der Waals surface area contributed by atoms with Crippen LogP contribution in [0, 0.1) is 30.6 Å². The third-order valence-corrected chi connectivity index (χ3v) is 7.56. The summed E-state index contributed by atoms with van der Waals surface area (Å²) in [5.41, 5.74) is 3.53. The lowest BCUT2D eigenvalue weighted by Gasteiger charge is -2.27. The summed E-state index contributed by atoms with van der Waals surface area (Å²) in [5, 5.41) is 12.5. The lowest BCUT2D eigenvalue weighted by atomic mass is 9.99. The molecule has 1 aliphatic carbocycles. The molecule has 3 aromatic rings. The summed E-state index contributed by atoms with van der Waals surface area (Å²) in [6.45, 7) is 5.81. The molecule has 1 aromatic carbocycles. The van der Waals surface area contributed by atoms with Crippen LogP contribution in [-0.2, 0) is 16.0 Å². The number of nitrogens with one attached hydrogen (secondary N) is 1. The van der Waals surface area contributed by atoms with Gasteiger partial charge < -0.3 is 10.2 Å². The third kappa shape index (κ3) is 4.61. The second-order valence-electron chi connectivity index (χ2n) is 9.91. The number of rotatable bonds is 5. The van der Waals surface area contributed by atoms with E-state index in [0.29, 0.717) is 33.8 Å². The van der Waals surface area contributed by atoms with E-state index in [1.807, 2.05) is 32.0 Å². The number of nitrogens with zero attached hydrogens (tertiary/aromatic N) is 5. The molecule has 36 heavy (non-hydrogen) atoms. The first-order valence-electron chi connectivity index (χ1n) is 11.7. The number of aryl methyl sites for hydroxylation is 2. The Morgan fingerprint density at radius 2 is 1.92 bits per heavy atom. The molecule has 9 heteroatoms. The fourth-order valence-electron chi connectivity index (χ4n) is 5.02. The normalized spacial score (nSPS) is 22.0. The van der Waals surface area contributed by atoms with Crippen molar-refractivity contribution in [3.8, 4) is 17.2 Å². The minimum atomic E-state index is -0.564. The molecule has 1 saturated heterocycles. The molecule has 8 nitrogen and oxygen atoms in total. The van der Waals surface area contributed by atoms with Crippen molar-refractivity contribution in [1.29, 1.82) is 5.26 Å². The molecule has 182 valence electrons. The zero-order valence-corrected chi connectivity index (χ0v) is 21.8. The fourth-order valence-corrected chi connectivity index (χ4v) is 5.33. The van der Waals surface area contributed by atoms with Crippen molar-refractivity contribution in [1.82, 2.24) is 19.9 Å². The van der Waals surface area contributed by atoms with Crippen molar-refractivity contribution in [2.24, 2.45) is 5.41 Å². The van der Waals surface area contributed by atoms with Gasteiger partial charge in [0.2, 0.25) is 11.8 Å². The quantitative estimate of drug-likeness (QED) is 0.478. The Bertz CT molecular complexity index is 1420. The van der Waals surface area contributed by atoms with Gasteiger partial charge in [0.05, 0.1) is 18.1 Å². The molecule has 0 radical (unpaired) electrons. The summed E-state index contributed by atoms with van der Waals surface area (Å²) < 4.78 is 0.629. The number of amides is 2. The maximum absolute atomic E-state index is 13.6. The van der Waals surface area contributed by atoms with Crippen LogP contribution < -0.4 is 5.32 Å². The molecule has 3 atom stereocenters. The minimum absolute atomic E-state index is 0.0430. The molecule has 1 N–H and O–H groups in total. The number of nitriles is 1. The zero-order valence-electron chi connectivity index (χ0n) is 20.2. The number of halogens is 1. The Morgan fingerprint density at radius 1 is 1.17 bits per heavy atom. The molecular formula is C27H25BrN6O2. The lowest BCUT2D eigenvalue weighted by molar-refractivity contribution is -0.137. The van der Waals surface area contributed by atoms with Gasteiger partial charge >= 0.3 is 0 Å². The van der Waals surface area contributed by atoms with E-state index in [1.165, 1.54) is 0 Å². The monoisotopic (exact) mass is 544 g/mol. The highest BCUT2D eigenvalue weighted by Gasteiger charge is 2.64. The number of pyridine rings is 1. The van der Waals surface area contributed by atoms with Crippen molar-refractivity contribution >= 4 is 33.6 Å². The summed E-state index contributed by atoms with van der Waals surface area (Å²) in [6, 6.07) is 10.7. The van der Waals surface area contributed by atoms with Gasteiger partial charge in [-0.05, 0) is 82.9 Å². The number of aromatic nitrogens is 3. The van der Waals surface area contributed by atoms with Crippen LogP contribution in [-0.4, -0.2) is 43.7 Å². The van der Waals surface area contributed by atoms with E-state index in [2.05, 4.69) is 49.2 Å². The van der Waals surface area contributed by atoms with Gasteiger partial charge in [0.1, 0.15) is 22.3 Å². The number of carbonyl (C=O) groups is 2. The van der Waals surface area contributed by atoms with Crippen molar-refractivity contribution in [2.75, 3.05) is 5.32 Å². The van der Waals surface area contributed by atoms with Crippen LogP contribution in [0.2, 0.25) is 0 Å². The van der Waals surface area contributed by atoms with Crippen LogP contribution in [0.25, 0.3) is 11.1 Å². The van der Waals surface area contributed by atoms with Crippen molar-refractivity contribution < 1.29 is 9.59 Å². The standard InChI is InChI=1S/C27H25BrN6O2/c1-15-4-5-23(28)32-25(15)33-26(36)21-10-27(3)11-22(27)34(21)24(35)9-17-6-18(12-29)8-19(7-17)20-13-30-16(2)31-14-20/h4-8,13-14,21-22H,9-11H2,1-3H3,(H,32,33,36)/t21-,22+,27-/m0/s1. The molecule has 2 fully saturated rings. The smallest absolute Gasteiger partial charge is 0.248 e. The van der Waals surface area contributed by atoms with E-state index >= 15 is 0 Å². The van der Waals surface area contributed by atoms with E-state index < -0.39 is 6.04 Å². The van der Waals surface area contributed by atoms with Crippen molar-refractivity contribution in [3.63, 3.8) is 0 Å². The highest BCUT2D eigenvalue weighted by molar-refractivity contribution is 9.10. The van der Waals surface area contributed by atoms with Gasteiger partial charge in [0.25, 0.3) is 0 Å². The molecule has 0 unspecified atom stereocenters. The first kappa shape index (κ1) is 24.1. The minimum Gasteiger partial charge on any atom is -0.327 e. The van der Waals surface area contributed by atoms with Gasteiger partial charge in [0, 0.05) is 24.0 Å². The Morgan fingerprint density at radius 3 is 2.64 bits per heavy atom. The average Bonchev–Trinajstić information content (AvgIpc) is 3.41. The summed E-state index contributed by atoms with van der Waals surface area (Å²) in [6.07, 6.45) is 5.02. The van der Waals surface area contributed by atoms with E-state index in [0.717, 1.165) is 23.1 Å². The second-order valence-corrected chi connectivity index (χ2v) is 10.7. The van der Waals surface area contributed by atoms with Gasteiger partial charge in [-0.25, -0.2) is 15.0 Å². The van der Waals surface area contributed by atoms with E-state index in [9.17, 15) is 14.9 Å². The summed E-state index contributed by atoms with van der Waals surface area (Å²) in [5.74, 6) is 0.791. The molecule has 3 heterocycles. The van der Waals surface area contributed by atoms with Crippen LogP contribution in [0.5, 0.6) is 0 Å². The molecule has 0 bridgehead atoms. The van der Waals surface area contributed by atoms with E-state index in [4.69, 9.17) is 0 Å². The Kier molecular flexibility index (Phi) is 6.08. The Hall–Kier alpha value is -3.64. The SMILES string of the molecule is Cc1ncc(-c2cc(C#N)cc(CC(=O)N3[C@H](C(=O)Nc4nc(Br)ccc4C)C[C@@]4(C)C[C@@H]34)c2)cn1. The number of fused-ring (bicyclic) bond motifs is 1. The topological polar surface area (TPSA) is 112 Å². The van der Waals surface area contributed by atoms with Crippen LogP contribution in [0.3, 0.4) is 0 Å². The van der Waals surface area contributed by atoms with Crippen LogP contribution in [0.1, 0.15) is 42.3 Å². The maximum Gasteiger partial charge on any atom is 0.248 e. The summed E-state index contributed by atoms with van der Waals surface area (Å²) in [7, 11) is 0. The van der Waals surface area contributed by atoms with Gasteiger partial charge in [-0.2, -0.15) is 5.26 Å². The molecule has 2 aliphatic rings. The first-order valence-corrected chi connectivity index (χ1v) is 12.5. The molecule has 2 aromatic heterocycles. The molecule has 2 amide bonds. The molecule has 5 rings (SSSR count). The van der Waals surface area contributed by atoms with Crippen molar-refractivity contribution in [2.45, 2.75) is 52.1 Å². The molecule has 0 spiro atoms. The third-order valence-electron chi connectivity index (χ3n) is 7.12. The number of anilines is 1. The summed E-state index contributed by atoms with van der Waals surface area (Å²) in [4.78, 5) is 41.5. The van der Waals surface area contributed by atoms with Crippen LogP contribution >= 0.6 is 15.9 Å². The molecular weight excluding hydrogens is 520 g/mol. The number of benzene rings is 1. The number of likely N-dealkylation sites (tertiary alicyclic amines) is 1. The van der Waals surface area contributed by atoms with Gasteiger partial charge in [-0.1, -0.05) is 19.1 Å². The van der Waals surface area contributed by atoms with E-state index in [1.54, 1.807) is 29.4 Å². The second kappa shape index (κ2) is 9.10. The maximum atomic E-state index is 13.6. The predicted molar refractivity (Wildman–Crippen MR) is 138 cm³/mol. The number of hydrogen-bond donors (Lipinski definition) is 1. The first-order chi connectivity index (χ1) is 17.2.